The van der Waals surface area contributed by atoms with E-state index in [1.165, 1.54) is 6.33 Å². The third kappa shape index (κ3) is 10.9. The molecule has 1 fully saturated rings. The molecule has 0 bridgehead atoms. The van der Waals surface area contributed by atoms with E-state index in [4.69, 9.17) is 47.1 Å². The molecule has 0 amide bonds. The Bertz CT molecular complexity index is 2520. The zero-order valence-corrected chi connectivity index (χ0v) is 42.9. The molecule has 6 aromatic rings. The summed E-state index contributed by atoms with van der Waals surface area (Å²) in [7, 11) is -1.10. The summed E-state index contributed by atoms with van der Waals surface area (Å²) < 4.78 is 58.2. The van der Waals surface area contributed by atoms with Crippen molar-refractivity contribution >= 4 is 28.0 Å². The second-order valence-electron chi connectivity index (χ2n) is 18.8. The molecule has 1 unspecified atom stereocenters. The molecular weight excluding hydrogens is 896 g/mol. The van der Waals surface area contributed by atoms with E-state index >= 15 is 0 Å². The van der Waals surface area contributed by atoms with Crippen molar-refractivity contribution in [3.05, 3.63) is 139 Å². The molecule has 2 aromatic heterocycles. The van der Waals surface area contributed by atoms with Crippen LogP contribution in [0.25, 0.3) is 11.2 Å². The summed E-state index contributed by atoms with van der Waals surface area (Å²) in [5.41, 5.74) is 2.41. The third-order valence-electron chi connectivity index (χ3n) is 12.6. The maximum atomic E-state index is 9.65. The number of imidazole rings is 1. The number of aromatic nitrogens is 4. The van der Waals surface area contributed by atoms with Gasteiger partial charge in [0.05, 0.1) is 46.3 Å². The van der Waals surface area contributed by atoms with Crippen LogP contribution in [0, 0.1) is 11.3 Å². The minimum Gasteiger partial charge on any atom is -0.497 e. The first-order chi connectivity index (χ1) is 32.6. The quantitative estimate of drug-likeness (QED) is 0.0292. The SMILES string of the molecule is COc1ccc(C(OC[C@H]2O[C@@H](n3cnc4c(Oc5ccccc5)ncnc43)[C@H](O[Si](C)(C)C(C)(C)C)[C@@H]2OP(OCCC#N)N(C(C)C)C(C)C)(c2ccccc2)c2ccc(OC)cc2)cc1. The molecule has 360 valence electrons. The number of hydrogen-bond acceptors (Lipinski definition) is 13. The fourth-order valence-corrected chi connectivity index (χ4v) is 11.3. The lowest BCUT2D eigenvalue weighted by molar-refractivity contribution is -0.0926. The van der Waals surface area contributed by atoms with Crippen molar-refractivity contribution < 1.29 is 37.2 Å². The Labute approximate surface area is 403 Å². The Morgan fingerprint density at radius 2 is 1.34 bits per heavy atom. The van der Waals surface area contributed by atoms with Crippen molar-refractivity contribution in [1.29, 1.82) is 5.26 Å². The van der Waals surface area contributed by atoms with Crippen LogP contribution in [0.4, 0.5) is 0 Å². The molecule has 0 saturated carbocycles. The van der Waals surface area contributed by atoms with Gasteiger partial charge in [-0.05, 0) is 98.9 Å². The van der Waals surface area contributed by atoms with Gasteiger partial charge in [0.2, 0.25) is 0 Å². The zero-order valence-electron chi connectivity index (χ0n) is 41.0. The van der Waals surface area contributed by atoms with Crippen molar-refractivity contribution in [2.75, 3.05) is 27.4 Å². The van der Waals surface area contributed by atoms with Crippen LogP contribution in [0.2, 0.25) is 18.1 Å². The molecule has 1 saturated heterocycles. The highest BCUT2D eigenvalue weighted by Gasteiger charge is 2.54. The van der Waals surface area contributed by atoms with E-state index in [1.54, 1.807) is 20.5 Å². The fraction of sp³-hybridized carbons (Fsp3) is 0.423. The Morgan fingerprint density at radius 3 is 1.88 bits per heavy atom. The molecule has 1 aliphatic heterocycles. The van der Waals surface area contributed by atoms with Gasteiger partial charge < -0.3 is 37.2 Å². The number of fused-ring (bicyclic) bond motifs is 1. The second kappa shape index (κ2) is 22.0. The van der Waals surface area contributed by atoms with Crippen molar-refractivity contribution in [3.63, 3.8) is 0 Å². The van der Waals surface area contributed by atoms with Gasteiger partial charge in [-0.25, -0.2) is 14.6 Å². The smallest absolute Gasteiger partial charge is 0.259 e. The van der Waals surface area contributed by atoms with Crippen LogP contribution in [0.5, 0.6) is 23.1 Å². The van der Waals surface area contributed by atoms with Crippen molar-refractivity contribution in [2.45, 2.75) is 115 Å². The number of nitriles is 1. The van der Waals surface area contributed by atoms with Crippen LogP contribution < -0.4 is 14.2 Å². The third-order valence-corrected chi connectivity index (χ3v) is 19.2. The number of hydrogen-bond donors (Lipinski definition) is 0. The summed E-state index contributed by atoms with van der Waals surface area (Å²) in [5, 5.41) is 9.45. The Balaban J connectivity index is 1.41. The fourth-order valence-electron chi connectivity index (χ4n) is 8.21. The minimum absolute atomic E-state index is 0.0280. The van der Waals surface area contributed by atoms with E-state index in [0.29, 0.717) is 34.3 Å². The van der Waals surface area contributed by atoms with E-state index in [0.717, 1.165) is 16.7 Å². The molecule has 0 spiro atoms. The highest BCUT2D eigenvalue weighted by atomic mass is 31.2. The Morgan fingerprint density at radius 1 is 0.765 bits per heavy atom. The average Bonchev–Trinajstić information content (AvgIpc) is 3.90. The van der Waals surface area contributed by atoms with Gasteiger partial charge >= 0.3 is 0 Å². The van der Waals surface area contributed by atoms with Crippen LogP contribution in [-0.4, -0.2) is 90.3 Å². The highest BCUT2D eigenvalue weighted by Crippen LogP contribution is 2.53. The van der Waals surface area contributed by atoms with Gasteiger partial charge in [0, 0.05) is 12.1 Å². The van der Waals surface area contributed by atoms with Crippen molar-refractivity contribution in [1.82, 2.24) is 24.2 Å². The summed E-state index contributed by atoms with van der Waals surface area (Å²) >= 11 is 0. The van der Waals surface area contributed by atoms with Crippen LogP contribution in [0.3, 0.4) is 0 Å². The largest absolute Gasteiger partial charge is 0.497 e. The molecule has 0 radical (unpaired) electrons. The van der Waals surface area contributed by atoms with E-state index in [9.17, 15) is 5.26 Å². The maximum Gasteiger partial charge on any atom is 0.259 e. The van der Waals surface area contributed by atoms with Gasteiger partial charge in [-0.15, -0.1) is 0 Å². The standard InChI is InChI=1S/C52H65N6O8PSi/c1-36(2)58(37(3)4)67(62-32-18-31-53)65-46-44(33-61-52(38-19-14-12-15-20-38,39-23-27-41(59-8)28-24-39)40-25-29-42(60-9)30-26-40)64-50(47(46)66-68(10,11)51(5,6)7)57-35-56-45-48(57)54-34-55-49(45)63-43-21-16-13-17-22-43/h12-17,19-30,34-37,44,46-47,50H,18,32-33H2,1-11H3/t44-,46-,47-,50-,67?/m1/s1. The van der Waals surface area contributed by atoms with E-state index in [1.807, 2.05) is 102 Å². The predicted octanol–water partition coefficient (Wildman–Crippen LogP) is 11.6. The topological polar surface area (TPSA) is 144 Å². The van der Waals surface area contributed by atoms with Crippen LogP contribution in [-0.2, 0) is 28.5 Å². The number of rotatable bonds is 21. The minimum atomic E-state index is -2.62. The van der Waals surface area contributed by atoms with Gasteiger partial charge in [-0.1, -0.05) is 93.6 Å². The van der Waals surface area contributed by atoms with Crippen LogP contribution >= 0.6 is 8.53 Å². The summed E-state index contributed by atoms with van der Waals surface area (Å²) in [6.45, 7) is 19.8. The lowest BCUT2D eigenvalue weighted by atomic mass is 9.80. The number of methoxy groups -OCH3 is 2. The first kappa shape index (κ1) is 50.6. The molecular formula is C52H65N6O8PSi. The second-order valence-corrected chi connectivity index (χ2v) is 24.9. The van der Waals surface area contributed by atoms with Crippen molar-refractivity contribution in [3.8, 4) is 29.2 Å². The van der Waals surface area contributed by atoms with Gasteiger partial charge in [0.15, 0.2) is 25.7 Å². The normalized spacial score (nSPS) is 18.3. The van der Waals surface area contributed by atoms with E-state index < -0.39 is 47.0 Å². The monoisotopic (exact) mass is 960 g/mol. The molecule has 1 aliphatic rings. The number of para-hydroxylation sites is 1. The number of ether oxygens (including phenoxy) is 5. The molecule has 14 nitrogen and oxygen atoms in total. The molecule has 68 heavy (non-hydrogen) atoms. The summed E-state index contributed by atoms with van der Waals surface area (Å²) in [5.74, 6) is 2.34. The van der Waals surface area contributed by atoms with E-state index in [2.05, 4.69) is 89.4 Å². The molecule has 5 atom stereocenters. The molecule has 7 rings (SSSR count). The molecule has 3 heterocycles. The lowest BCUT2D eigenvalue weighted by Crippen LogP contribution is -2.50. The molecule has 4 aromatic carbocycles. The zero-order chi connectivity index (χ0) is 48.6. The summed E-state index contributed by atoms with van der Waals surface area (Å²) in [4.78, 5) is 14.1. The van der Waals surface area contributed by atoms with Gasteiger partial charge in [0.1, 0.15) is 47.5 Å². The van der Waals surface area contributed by atoms with Crippen molar-refractivity contribution in [2.24, 2.45) is 0 Å². The van der Waals surface area contributed by atoms with E-state index in [-0.39, 0.29) is 36.8 Å². The number of benzene rings is 4. The highest BCUT2D eigenvalue weighted by molar-refractivity contribution is 7.44. The molecule has 16 heteroatoms. The first-order valence-corrected chi connectivity index (χ1v) is 27.1. The molecule has 0 N–H and O–H groups in total. The van der Waals surface area contributed by atoms with Gasteiger partial charge in [-0.2, -0.15) is 10.2 Å². The van der Waals surface area contributed by atoms with Crippen LogP contribution in [0.15, 0.2) is 122 Å². The summed E-state index contributed by atoms with van der Waals surface area (Å²) in [6.07, 6.45) is 0.283. The first-order valence-electron chi connectivity index (χ1n) is 23.1. The van der Waals surface area contributed by atoms with Crippen LogP contribution in [0.1, 0.15) is 77.8 Å². The van der Waals surface area contributed by atoms with Gasteiger partial charge in [0.25, 0.3) is 14.4 Å². The maximum absolute atomic E-state index is 9.65. The lowest BCUT2D eigenvalue weighted by Gasteiger charge is -2.42. The Kier molecular flexibility index (Phi) is 16.4. The predicted molar refractivity (Wildman–Crippen MR) is 266 cm³/mol. The Hall–Kier alpha value is -5.27. The summed E-state index contributed by atoms with van der Waals surface area (Å²) in [6, 6.07) is 37.8. The number of nitrogens with zero attached hydrogens (tertiary/aromatic N) is 6. The average molecular weight is 961 g/mol. The molecule has 0 aliphatic carbocycles. The van der Waals surface area contributed by atoms with Gasteiger partial charge in [-0.3, -0.25) is 4.57 Å².